The number of nitro groups is 1. The summed E-state index contributed by atoms with van der Waals surface area (Å²) >= 11 is 0. The van der Waals surface area contributed by atoms with E-state index in [-0.39, 0.29) is 30.7 Å². The lowest BCUT2D eigenvalue weighted by Gasteiger charge is -2.26. The molecule has 2 N–H and O–H groups in total. The first-order valence-corrected chi connectivity index (χ1v) is 6.64. The molecule has 0 radical (unpaired) electrons. The second kappa shape index (κ2) is 7.59. The fourth-order valence-electron chi connectivity index (χ4n) is 1.75. The van der Waals surface area contributed by atoms with Crippen LogP contribution in [0.25, 0.3) is 0 Å². The molecule has 8 heteroatoms. The molecule has 0 saturated carbocycles. The highest BCUT2D eigenvalue weighted by Gasteiger charge is 2.24. The number of hydrogen-bond donors (Lipinski definition) is 2. The van der Waals surface area contributed by atoms with Crippen LogP contribution >= 0.6 is 0 Å². The zero-order valence-electron chi connectivity index (χ0n) is 12.0. The zero-order chi connectivity index (χ0) is 15.1. The Bertz CT molecular complexity index is 453. The minimum Gasteiger partial charge on any atom is -0.395 e. The van der Waals surface area contributed by atoms with Crippen molar-refractivity contribution in [3.8, 4) is 0 Å². The van der Waals surface area contributed by atoms with E-state index in [9.17, 15) is 10.1 Å². The van der Waals surface area contributed by atoms with Crippen molar-refractivity contribution in [3.63, 3.8) is 0 Å². The first-order chi connectivity index (χ1) is 9.51. The molecule has 20 heavy (non-hydrogen) atoms. The Hall–Kier alpha value is -1.96. The predicted octanol–water partition coefficient (Wildman–Crippen LogP) is 1.41. The van der Waals surface area contributed by atoms with E-state index < -0.39 is 4.92 Å². The van der Waals surface area contributed by atoms with Gasteiger partial charge >= 0.3 is 5.69 Å². The molecule has 1 aromatic rings. The maximum atomic E-state index is 11.1. The molecule has 0 aliphatic carbocycles. The Balaban J connectivity index is 3.18. The molecule has 0 bridgehead atoms. The molecule has 0 fully saturated rings. The maximum absolute atomic E-state index is 11.1. The second-order valence-electron chi connectivity index (χ2n) is 4.60. The molecule has 0 atom stereocenters. The summed E-state index contributed by atoms with van der Waals surface area (Å²) in [6.45, 7) is 6.66. The van der Waals surface area contributed by atoms with Crippen LogP contribution in [0.2, 0.25) is 0 Å². The van der Waals surface area contributed by atoms with Crippen molar-refractivity contribution in [1.82, 2.24) is 9.97 Å². The summed E-state index contributed by atoms with van der Waals surface area (Å²) in [4.78, 5) is 20.4. The van der Waals surface area contributed by atoms with Crippen LogP contribution in [-0.2, 0) is 0 Å². The summed E-state index contributed by atoms with van der Waals surface area (Å²) < 4.78 is 0. The summed E-state index contributed by atoms with van der Waals surface area (Å²) in [5.74, 6) is 0.587. The van der Waals surface area contributed by atoms with E-state index in [1.54, 1.807) is 4.90 Å². The van der Waals surface area contributed by atoms with E-state index in [2.05, 4.69) is 15.3 Å². The van der Waals surface area contributed by atoms with Gasteiger partial charge in [-0.15, -0.1) is 0 Å². The lowest BCUT2D eigenvalue weighted by molar-refractivity contribution is -0.384. The molecule has 0 aliphatic heterocycles. The molecule has 1 heterocycles. The quantitative estimate of drug-likeness (QED) is 0.549. The van der Waals surface area contributed by atoms with Gasteiger partial charge in [0.25, 0.3) is 0 Å². The largest absolute Gasteiger partial charge is 0.395 e. The highest BCUT2D eigenvalue weighted by atomic mass is 16.6. The van der Waals surface area contributed by atoms with E-state index in [1.165, 1.54) is 6.20 Å². The fourth-order valence-corrected chi connectivity index (χ4v) is 1.75. The van der Waals surface area contributed by atoms with Crippen LogP contribution in [0.1, 0.15) is 27.2 Å². The summed E-state index contributed by atoms with van der Waals surface area (Å²) in [6, 6.07) is -0.0187. The highest BCUT2D eigenvalue weighted by molar-refractivity contribution is 5.59. The molecule has 8 nitrogen and oxygen atoms in total. The van der Waals surface area contributed by atoms with Crippen molar-refractivity contribution in [2.75, 3.05) is 29.9 Å². The Kier molecular flexibility index (Phi) is 6.10. The second-order valence-corrected chi connectivity index (χ2v) is 4.60. The van der Waals surface area contributed by atoms with Crippen molar-refractivity contribution in [3.05, 3.63) is 16.3 Å². The Morgan fingerprint density at radius 2 is 2.25 bits per heavy atom. The van der Waals surface area contributed by atoms with Crippen LogP contribution in [0.3, 0.4) is 0 Å². The van der Waals surface area contributed by atoms with Crippen LogP contribution in [0.15, 0.2) is 6.20 Å². The van der Waals surface area contributed by atoms with Crippen molar-refractivity contribution in [1.29, 1.82) is 0 Å². The van der Waals surface area contributed by atoms with Gasteiger partial charge < -0.3 is 15.3 Å². The van der Waals surface area contributed by atoms with E-state index in [0.717, 1.165) is 6.42 Å². The van der Waals surface area contributed by atoms with Crippen LogP contribution in [0, 0.1) is 10.1 Å². The molecule has 0 amide bonds. The number of nitrogens with one attached hydrogen (secondary N) is 1. The van der Waals surface area contributed by atoms with E-state index in [4.69, 9.17) is 5.11 Å². The first kappa shape index (κ1) is 16.1. The number of aliphatic hydroxyl groups excluding tert-OH is 1. The smallest absolute Gasteiger partial charge is 0.329 e. The number of aromatic nitrogens is 2. The topological polar surface area (TPSA) is 104 Å². The summed E-state index contributed by atoms with van der Waals surface area (Å²) in [5, 5.41) is 23.2. The van der Waals surface area contributed by atoms with Gasteiger partial charge in [-0.25, -0.2) is 4.98 Å². The molecule has 0 saturated heterocycles. The molecular formula is C12H21N5O3. The number of aliphatic hydroxyl groups is 1. The van der Waals surface area contributed by atoms with Gasteiger partial charge in [0, 0.05) is 19.1 Å². The maximum Gasteiger partial charge on any atom is 0.329 e. The van der Waals surface area contributed by atoms with Crippen molar-refractivity contribution in [2.24, 2.45) is 0 Å². The lowest BCUT2D eigenvalue weighted by Crippen LogP contribution is -2.35. The predicted molar refractivity (Wildman–Crippen MR) is 77.0 cm³/mol. The molecule has 112 valence electrons. The minimum atomic E-state index is -0.508. The van der Waals surface area contributed by atoms with E-state index in [1.807, 2.05) is 20.8 Å². The SMILES string of the molecule is CCCNc1ncc([N+](=O)[O-])c(N(CCO)C(C)C)n1. The van der Waals surface area contributed by atoms with Gasteiger partial charge in [0.2, 0.25) is 11.8 Å². The lowest BCUT2D eigenvalue weighted by atomic mass is 10.3. The van der Waals surface area contributed by atoms with Gasteiger partial charge in [0.05, 0.1) is 11.5 Å². The number of rotatable bonds is 8. The summed E-state index contributed by atoms with van der Waals surface area (Å²) in [5.41, 5.74) is -0.158. The van der Waals surface area contributed by atoms with Crippen molar-refractivity contribution >= 4 is 17.5 Å². The summed E-state index contributed by atoms with van der Waals surface area (Å²) in [6.07, 6.45) is 2.10. The van der Waals surface area contributed by atoms with E-state index >= 15 is 0 Å². The monoisotopic (exact) mass is 283 g/mol. The molecule has 0 aliphatic rings. The van der Waals surface area contributed by atoms with Crippen LogP contribution in [-0.4, -0.2) is 45.7 Å². The fraction of sp³-hybridized carbons (Fsp3) is 0.667. The highest BCUT2D eigenvalue weighted by Crippen LogP contribution is 2.27. The molecule has 0 unspecified atom stereocenters. The van der Waals surface area contributed by atoms with Crippen molar-refractivity contribution in [2.45, 2.75) is 33.2 Å². The first-order valence-electron chi connectivity index (χ1n) is 6.64. The average Bonchev–Trinajstić information content (AvgIpc) is 2.41. The van der Waals surface area contributed by atoms with Gasteiger partial charge in [-0.2, -0.15) is 4.98 Å². The Morgan fingerprint density at radius 1 is 1.55 bits per heavy atom. The third-order valence-electron chi connectivity index (χ3n) is 2.72. The Morgan fingerprint density at radius 3 is 2.75 bits per heavy atom. The summed E-state index contributed by atoms with van der Waals surface area (Å²) in [7, 11) is 0. The minimum absolute atomic E-state index is 0.0187. The normalized spacial score (nSPS) is 10.7. The number of anilines is 2. The average molecular weight is 283 g/mol. The third kappa shape index (κ3) is 4.02. The standard InChI is InChI=1S/C12H21N5O3/c1-4-5-13-12-14-8-10(17(19)20)11(15-12)16(6-7-18)9(2)3/h8-9,18H,4-7H2,1-3H3,(H,13,14,15). The molecule has 0 aromatic carbocycles. The Labute approximate surface area is 118 Å². The van der Waals surface area contributed by atoms with Gasteiger partial charge in [-0.1, -0.05) is 6.92 Å². The van der Waals surface area contributed by atoms with Gasteiger partial charge in [-0.05, 0) is 20.3 Å². The van der Waals surface area contributed by atoms with Crippen LogP contribution in [0.5, 0.6) is 0 Å². The van der Waals surface area contributed by atoms with Gasteiger partial charge in [0.1, 0.15) is 6.20 Å². The third-order valence-corrected chi connectivity index (χ3v) is 2.72. The van der Waals surface area contributed by atoms with Crippen molar-refractivity contribution < 1.29 is 10.0 Å². The number of hydrogen-bond acceptors (Lipinski definition) is 7. The number of nitrogens with zero attached hydrogens (tertiary/aromatic N) is 4. The van der Waals surface area contributed by atoms with Gasteiger partial charge in [-0.3, -0.25) is 10.1 Å². The molecule has 1 aromatic heterocycles. The molecule has 0 spiro atoms. The van der Waals surface area contributed by atoms with Crippen LogP contribution < -0.4 is 10.2 Å². The van der Waals surface area contributed by atoms with Crippen LogP contribution in [0.4, 0.5) is 17.5 Å². The zero-order valence-corrected chi connectivity index (χ0v) is 12.0. The molecular weight excluding hydrogens is 262 g/mol. The van der Waals surface area contributed by atoms with Gasteiger partial charge in [0.15, 0.2) is 0 Å². The van der Waals surface area contributed by atoms with E-state index in [0.29, 0.717) is 12.5 Å². The molecule has 1 rings (SSSR count).